The first-order valence-electron chi connectivity index (χ1n) is 5.17. The zero-order valence-corrected chi connectivity index (χ0v) is 8.84. The van der Waals surface area contributed by atoms with E-state index in [-0.39, 0.29) is 0 Å². The highest BCUT2D eigenvalue weighted by Crippen LogP contribution is 2.16. The molecular formula is C15H12O. The van der Waals surface area contributed by atoms with Gasteiger partial charge in [0.1, 0.15) is 6.29 Å². The normalized spacial score (nSPS) is 11.5. The van der Waals surface area contributed by atoms with Gasteiger partial charge in [0.25, 0.3) is 0 Å². The molecule has 0 aliphatic heterocycles. The molecule has 0 unspecified atom stereocenters. The smallest absolute Gasteiger partial charge is 0.142 e. The highest BCUT2D eigenvalue weighted by Gasteiger charge is 1.91. The van der Waals surface area contributed by atoms with Crippen LogP contribution in [0.25, 0.3) is 16.8 Å². The third-order valence-corrected chi connectivity index (χ3v) is 2.36. The largest absolute Gasteiger partial charge is 0.299 e. The first-order valence-corrected chi connectivity index (χ1v) is 5.17. The Morgan fingerprint density at radius 1 is 0.812 bits per heavy atom. The summed E-state index contributed by atoms with van der Waals surface area (Å²) in [4.78, 5) is 10.1. The maximum Gasteiger partial charge on any atom is 0.142 e. The van der Waals surface area contributed by atoms with Crippen LogP contribution in [0.5, 0.6) is 0 Å². The van der Waals surface area contributed by atoms with Crippen molar-refractivity contribution in [3.63, 3.8) is 0 Å². The van der Waals surface area contributed by atoms with Crippen LogP contribution in [0.4, 0.5) is 0 Å². The Bertz CT molecular complexity index is 550. The van der Waals surface area contributed by atoms with E-state index in [4.69, 9.17) is 0 Å². The maximum absolute atomic E-state index is 10.1. The van der Waals surface area contributed by atoms with Gasteiger partial charge in [-0.05, 0) is 28.5 Å². The van der Waals surface area contributed by atoms with Crippen molar-refractivity contribution in [1.82, 2.24) is 0 Å². The Hall–Kier alpha value is -2.15. The van der Waals surface area contributed by atoms with Gasteiger partial charge < -0.3 is 0 Å². The summed E-state index contributed by atoms with van der Waals surface area (Å²) in [5.41, 5.74) is 1.13. The van der Waals surface area contributed by atoms with Gasteiger partial charge in [-0.25, -0.2) is 0 Å². The molecule has 0 N–H and O–H groups in total. The highest BCUT2D eigenvalue weighted by molar-refractivity contribution is 5.84. The van der Waals surface area contributed by atoms with Crippen LogP contribution in [-0.2, 0) is 4.79 Å². The molecule has 78 valence electrons. The Labute approximate surface area is 94.7 Å². The lowest BCUT2D eigenvalue weighted by molar-refractivity contribution is -0.104. The molecule has 2 rings (SSSR count). The monoisotopic (exact) mass is 208 g/mol. The van der Waals surface area contributed by atoms with E-state index in [9.17, 15) is 4.79 Å². The number of hydrogen-bond acceptors (Lipinski definition) is 1. The number of aldehydes is 1. The predicted molar refractivity (Wildman–Crippen MR) is 68.2 cm³/mol. The zero-order chi connectivity index (χ0) is 11.2. The van der Waals surface area contributed by atoms with E-state index >= 15 is 0 Å². The minimum atomic E-state index is 0.769. The number of rotatable bonds is 3. The van der Waals surface area contributed by atoms with Gasteiger partial charge in [0.05, 0.1) is 0 Å². The van der Waals surface area contributed by atoms with E-state index in [1.165, 1.54) is 16.8 Å². The van der Waals surface area contributed by atoms with Crippen LogP contribution in [0.15, 0.2) is 60.7 Å². The van der Waals surface area contributed by atoms with Gasteiger partial charge in [0, 0.05) is 0 Å². The number of carbonyl (C=O) groups is 1. The predicted octanol–water partition coefficient (Wildman–Crippen LogP) is 3.61. The quantitative estimate of drug-likeness (QED) is 0.428. The second kappa shape index (κ2) is 5.08. The maximum atomic E-state index is 10.1. The molecule has 0 bridgehead atoms. The molecule has 0 atom stereocenters. The van der Waals surface area contributed by atoms with Crippen molar-refractivity contribution in [2.45, 2.75) is 0 Å². The summed E-state index contributed by atoms with van der Waals surface area (Å²) in [5.74, 6) is 0. The van der Waals surface area contributed by atoms with Crippen LogP contribution in [-0.4, -0.2) is 6.29 Å². The molecule has 1 heteroatoms. The molecule has 0 aliphatic rings. The molecule has 0 radical (unpaired) electrons. The summed E-state index contributed by atoms with van der Waals surface area (Å²) in [6.07, 6.45) is 7.80. The van der Waals surface area contributed by atoms with Crippen molar-refractivity contribution in [1.29, 1.82) is 0 Å². The first-order chi connectivity index (χ1) is 7.90. The Morgan fingerprint density at radius 3 is 2.44 bits per heavy atom. The van der Waals surface area contributed by atoms with E-state index < -0.39 is 0 Å². The van der Waals surface area contributed by atoms with Gasteiger partial charge in [-0.2, -0.15) is 0 Å². The minimum Gasteiger partial charge on any atom is -0.299 e. The molecule has 0 aliphatic carbocycles. The van der Waals surface area contributed by atoms with Crippen LogP contribution in [0, 0.1) is 0 Å². The molecule has 0 aromatic heterocycles. The van der Waals surface area contributed by atoms with Crippen molar-refractivity contribution in [3.8, 4) is 0 Å². The fourth-order valence-corrected chi connectivity index (χ4v) is 1.59. The summed E-state index contributed by atoms with van der Waals surface area (Å²) in [6.45, 7) is 0. The molecule has 2 aromatic carbocycles. The van der Waals surface area contributed by atoms with E-state index in [0.717, 1.165) is 11.8 Å². The van der Waals surface area contributed by atoms with Crippen LogP contribution >= 0.6 is 0 Å². The second-order valence-electron chi connectivity index (χ2n) is 3.49. The molecule has 0 fully saturated rings. The van der Waals surface area contributed by atoms with Crippen LogP contribution < -0.4 is 0 Å². The highest BCUT2D eigenvalue weighted by atomic mass is 16.1. The summed E-state index contributed by atoms with van der Waals surface area (Å²) >= 11 is 0. The summed E-state index contributed by atoms with van der Waals surface area (Å²) < 4.78 is 0. The fourth-order valence-electron chi connectivity index (χ4n) is 1.59. The number of benzene rings is 2. The molecule has 0 saturated heterocycles. The minimum absolute atomic E-state index is 0.769. The van der Waals surface area contributed by atoms with Gasteiger partial charge in [0.15, 0.2) is 0 Å². The Balaban J connectivity index is 2.29. The van der Waals surface area contributed by atoms with E-state index in [1.54, 1.807) is 6.08 Å². The van der Waals surface area contributed by atoms with Gasteiger partial charge in [0.2, 0.25) is 0 Å². The van der Waals surface area contributed by atoms with Crippen molar-refractivity contribution >= 4 is 23.1 Å². The van der Waals surface area contributed by atoms with Gasteiger partial charge >= 0.3 is 0 Å². The van der Waals surface area contributed by atoms with Crippen LogP contribution in [0.1, 0.15) is 5.56 Å². The lowest BCUT2D eigenvalue weighted by Crippen LogP contribution is -1.74. The average Bonchev–Trinajstić information content (AvgIpc) is 2.34. The molecule has 2 aromatic rings. The topological polar surface area (TPSA) is 17.1 Å². The molecule has 0 heterocycles. The molecular weight excluding hydrogens is 196 g/mol. The van der Waals surface area contributed by atoms with Gasteiger partial charge in [-0.1, -0.05) is 54.6 Å². The Kier molecular flexibility index (Phi) is 3.29. The molecule has 16 heavy (non-hydrogen) atoms. The number of hydrogen-bond donors (Lipinski definition) is 0. The third kappa shape index (κ3) is 2.45. The number of fused-ring (bicyclic) bond motifs is 1. The SMILES string of the molecule is O=CC=CC=Cc1ccc2ccccc2c1. The average molecular weight is 208 g/mol. The molecule has 0 amide bonds. The summed E-state index contributed by atoms with van der Waals surface area (Å²) in [5, 5.41) is 2.46. The lowest BCUT2D eigenvalue weighted by atomic mass is 10.1. The summed E-state index contributed by atoms with van der Waals surface area (Å²) in [6, 6.07) is 14.5. The van der Waals surface area contributed by atoms with Crippen LogP contribution in [0.2, 0.25) is 0 Å². The summed E-state index contributed by atoms with van der Waals surface area (Å²) in [7, 11) is 0. The Morgan fingerprint density at radius 2 is 1.62 bits per heavy atom. The molecule has 1 nitrogen and oxygen atoms in total. The van der Waals surface area contributed by atoms with Crippen molar-refractivity contribution in [3.05, 3.63) is 66.3 Å². The van der Waals surface area contributed by atoms with Crippen molar-refractivity contribution < 1.29 is 4.79 Å². The molecule has 0 spiro atoms. The molecule has 0 saturated carbocycles. The first kappa shape index (κ1) is 10.4. The number of carbonyl (C=O) groups excluding carboxylic acids is 1. The zero-order valence-electron chi connectivity index (χ0n) is 8.84. The third-order valence-electron chi connectivity index (χ3n) is 2.36. The van der Waals surface area contributed by atoms with E-state index in [0.29, 0.717) is 0 Å². The van der Waals surface area contributed by atoms with Gasteiger partial charge in [-0.15, -0.1) is 0 Å². The van der Waals surface area contributed by atoms with Crippen LogP contribution in [0.3, 0.4) is 0 Å². The van der Waals surface area contributed by atoms with Gasteiger partial charge in [-0.3, -0.25) is 4.79 Å². The fraction of sp³-hybridized carbons (Fsp3) is 0. The second-order valence-corrected chi connectivity index (χ2v) is 3.49. The van der Waals surface area contributed by atoms with E-state index in [2.05, 4.69) is 30.3 Å². The van der Waals surface area contributed by atoms with Crippen molar-refractivity contribution in [2.24, 2.45) is 0 Å². The lowest BCUT2D eigenvalue weighted by Gasteiger charge is -1.98. The van der Waals surface area contributed by atoms with Crippen molar-refractivity contribution in [2.75, 3.05) is 0 Å². The standard InChI is InChI=1S/C15H12O/c16-11-5-1-2-6-13-9-10-14-7-3-4-8-15(14)12-13/h1-12H. The number of allylic oxidation sites excluding steroid dienone is 3. The van der Waals surface area contributed by atoms with E-state index in [1.807, 2.05) is 24.3 Å².